The van der Waals surface area contributed by atoms with E-state index in [1.807, 2.05) is 24.8 Å². The van der Waals surface area contributed by atoms with E-state index >= 15 is 0 Å². The molecule has 2 nitrogen and oxygen atoms in total. The Balaban J connectivity index is 2.33. The lowest BCUT2D eigenvalue weighted by Crippen LogP contribution is -1.97. The molecule has 0 aliphatic carbocycles. The number of aromatic nitrogens is 1. The predicted octanol–water partition coefficient (Wildman–Crippen LogP) is 3.07. The fourth-order valence-electron chi connectivity index (χ4n) is 1.52. The normalized spacial score (nSPS) is 13.0. The van der Waals surface area contributed by atoms with Gasteiger partial charge in [0.1, 0.15) is 0 Å². The van der Waals surface area contributed by atoms with Crippen molar-refractivity contribution in [2.45, 2.75) is 39.3 Å². The van der Waals surface area contributed by atoms with Crippen molar-refractivity contribution >= 4 is 11.8 Å². The minimum Gasteiger partial charge on any atom is -0.388 e. The first-order valence-corrected chi connectivity index (χ1v) is 6.84. The van der Waals surface area contributed by atoms with Crippen LogP contribution in [0.3, 0.4) is 0 Å². The van der Waals surface area contributed by atoms with Gasteiger partial charge in [0.15, 0.2) is 0 Å². The van der Waals surface area contributed by atoms with Gasteiger partial charge in [-0.25, -0.2) is 0 Å². The first-order chi connectivity index (χ1) is 7.27. The van der Waals surface area contributed by atoms with Crippen LogP contribution in [0.5, 0.6) is 0 Å². The van der Waals surface area contributed by atoms with E-state index in [4.69, 9.17) is 0 Å². The monoisotopic (exact) mass is 227 g/mol. The summed E-state index contributed by atoms with van der Waals surface area (Å²) in [7, 11) is 0. The third-order valence-corrected chi connectivity index (χ3v) is 3.44. The minimum absolute atomic E-state index is 0.295. The number of aryl methyl sites for hydroxylation is 1. The van der Waals surface area contributed by atoms with Crippen LogP contribution in [-0.4, -0.2) is 21.2 Å². The molecule has 1 heterocycles. The van der Waals surface area contributed by atoms with Gasteiger partial charge in [0, 0.05) is 18.9 Å². The van der Waals surface area contributed by atoms with Crippen molar-refractivity contribution in [1.29, 1.82) is 0 Å². The molecule has 0 aliphatic heterocycles. The molecule has 1 aromatic heterocycles. The highest BCUT2D eigenvalue weighted by atomic mass is 32.2. The van der Waals surface area contributed by atoms with Gasteiger partial charge in [-0.1, -0.05) is 13.8 Å². The van der Waals surface area contributed by atoms with E-state index < -0.39 is 0 Å². The number of aliphatic hydroxyl groups is 1. The molecule has 1 N–H and O–H groups in total. The number of thioether (sulfide) groups is 1. The molecule has 1 aromatic rings. The molecule has 1 rings (SSSR count). The lowest BCUT2D eigenvalue weighted by atomic mass is 10.1. The third kappa shape index (κ3) is 4.31. The number of nitrogens with zero attached hydrogens (tertiary/aromatic N) is 1. The van der Waals surface area contributed by atoms with Crippen molar-refractivity contribution in [3.8, 4) is 0 Å². The molecular formula is C12H21NOS. The Kier molecular flexibility index (Phi) is 5.88. The fourth-order valence-corrected chi connectivity index (χ4v) is 2.15. The summed E-state index contributed by atoms with van der Waals surface area (Å²) in [5.74, 6) is 2.42. The molecule has 0 saturated heterocycles. The van der Waals surface area contributed by atoms with E-state index in [0.717, 1.165) is 18.5 Å². The van der Waals surface area contributed by atoms with Crippen molar-refractivity contribution in [1.82, 2.24) is 4.57 Å². The van der Waals surface area contributed by atoms with Crippen molar-refractivity contribution in [3.63, 3.8) is 0 Å². The van der Waals surface area contributed by atoms with E-state index in [0.29, 0.717) is 0 Å². The molecule has 0 fully saturated rings. The largest absolute Gasteiger partial charge is 0.388 e. The summed E-state index contributed by atoms with van der Waals surface area (Å²) in [4.78, 5) is 0. The molecular weight excluding hydrogens is 206 g/mol. The van der Waals surface area contributed by atoms with Crippen LogP contribution in [0.4, 0.5) is 0 Å². The molecule has 0 bridgehead atoms. The number of aliphatic hydroxyl groups excluding tert-OH is 1. The smallest absolute Gasteiger partial charge is 0.0802 e. The molecule has 1 atom stereocenters. The first-order valence-electron chi connectivity index (χ1n) is 5.69. The van der Waals surface area contributed by atoms with Crippen LogP contribution in [0, 0.1) is 0 Å². The summed E-state index contributed by atoms with van der Waals surface area (Å²) in [5, 5.41) is 9.63. The third-order valence-electron chi connectivity index (χ3n) is 2.45. The van der Waals surface area contributed by atoms with Gasteiger partial charge in [0.2, 0.25) is 0 Å². The fraction of sp³-hybridized carbons (Fsp3) is 0.667. The predicted molar refractivity (Wildman–Crippen MR) is 67.3 cm³/mol. The van der Waals surface area contributed by atoms with Crippen molar-refractivity contribution < 1.29 is 5.11 Å². The zero-order valence-electron chi connectivity index (χ0n) is 9.65. The van der Waals surface area contributed by atoms with Crippen LogP contribution >= 0.6 is 11.8 Å². The Morgan fingerprint density at radius 2 is 2.27 bits per heavy atom. The van der Waals surface area contributed by atoms with Gasteiger partial charge in [-0.2, -0.15) is 11.8 Å². The van der Waals surface area contributed by atoms with E-state index in [1.165, 1.54) is 17.9 Å². The molecule has 0 radical (unpaired) electrons. The summed E-state index contributed by atoms with van der Waals surface area (Å²) >= 11 is 1.98. The Labute approximate surface area is 96.7 Å². The maximum absolute atomic E-state index is 9.63. The molecule has 86 valence electrons. The van der Waals surface area contributed by atoms with Crippen LogP contribution in [0.1, 0.15) is 38.4 Å². The zero-order chi connectivity index (χ0) is 11.1. The van der Waals surface area contributed by atoms with Gasteiger partial charge in [-0.3, -0.25) is 0 Å². The molecule has 15 heavy (non-hydrogen) atoms. The molecule has 0 saturated carbocycles. The molecule has 3 heteroatoms. The van der Waals surface area contributed by atoms with Crippen molar-refractivity contribution in [2.24, 2.45) is 0 Å². The Morgan fingerprint density at radius 1 is 1.47 bits per heavy atom. The van der Waals surface area contributed by atoms with E-state index in [-0.39, 0.29) is 6.10 Å². The Morgan fingerprint density at radius 3 is 2.93 bits per heavy atom. The first kappa shape index (κ1) is 12.7. The summed E-state index contributed by atoms with van der Waals surface area (Å²) in [5.41, 5.74) is 1.04. The average molecular weight is 227 g/mol. The molecule has 0 aliphatic rings. The Bertz CT molecular complexity index is 272. The number of hydrogen-bond acceptors (Lipinski definition) is 2. The lowest BCUT2D eigenvalue weighted by Gasteiger charge is -2.04. The summed E-state index contributed by atoms with van der Waals surface area (Å²) in [6, 6.07) is 2.02. The summed E-state index contributed by atoms with van der Waals surface area (Å²) in [6.45, 7) is 5.25. The topological polar surface area (TPSA) is 25.2 Å². The second kappa shape index (κ2) is 6.96. The van der Waals surface area contributed by atoms with Crippen LogP contribution in [0.15, 0.2) is 18.5 Å². The number of rotatable bonds is 7. The van der Waals surface area contributed by atoms with Crippen LogP contribution in [-0.2, 0) is 6.54 Å². The second-order valence-electron chi connectivity index (χ2n) is 3.66. The van der Waals surface area contributed by atoms with Crippen molar-refractivity contribution in [2.75, 3.05) is 11.5 Å². The maximum Gasteiger partial charge on any atom is 0.0802 e. The quantitative estimate of drug-likeness (QED) is 0.724. The van der Waals surface area contributed by atoms with Gasteiger partial charge in [0.05, 0.1) is 6.10 Å². The summed E-state index contributed by atoms with van der Waals surface area (Å²) < 4.78 is 2.17. The Hall–Kier alpha value is -0.410. The maximum atomic E-state index is 9.63. The molecule has 0 spiro atoms. The van der Waals surface area contributed by atoms with Gasteiger partial charge in [-0.15, -0.1) is 0 Å². The minimum atomic E-state index is -0.295. The van der Waals surface area contributed by atoms with Gasteiger partial charge >= 0.3 is 0 Å². The van der Waals surface area contributed by atoms with E-state index in [9.17, 15) is 5.11 Å². The van der Waals surface area contributed by atoms with Crippen LogP contribution in [0.2, 0.25) is 0 Å². The second-order valence-corrected chi connectivity index (χ2v) is 5.05. The number of hydrogen-bond donors (Lipinski definition) is 1. The summed E-state index contributed by atoms with van der Waals surface area (Å²) in [6.07, 6.45) is 5.82. The zero-order valence-corrected chi connectivity index (χ0v) is 10.5. The van der Waals surface area contributed by atoms with Gasteiger partial charge in [-0.05, 0) is 36.0 Å². The van der Waals surface area contributed by atoms with Crippen LogP contribution in [0.25, 0.3) is 0 Å². The van der Waals surface area contributed by atoms with Crippen LogP contribution < -0.4 is 0 Å². The van der Waals surface area contributed by atoms with Gasteiger partial charge < -0.3 is 9.67 Å². The van der Waals surface area contributed by atoms with E-state index in [1.54, 1.807) is 0 Å². The highest BCUT2D eigenvalue weighted by Gasteiger charge is 2.05. The van der Waals surface area contributed by atoms with Gasteiger partial charge in [0.25, 0.3) is 0 Å². The van der Waals surface area contributed by atoms with E-state index in [2.05, 4.69) is 23.9 Å². The lowest BCUT2D eigenvalue weighted by molar-refractivity contribution is 0.173. The molecule has 0 aromatic carbocycles. The SMILES string of the molecule is CCSCCCn1ccc(C(O)CC)c1. The molecule has 1 unspecified atom stereocenters. The highest BCUT2D eigenvalue weighted by molar-refractivity contribution is 7.99. The average Bonchev–Trinajstić information content (AvgIpc) is 2.72. The molecule has 0 amide bonds. The highest BCUT2D eigenvalue weighted by Crippen LogP contribution is 2.16. The van der Waals surface area contributed by atoms with Crippen molar-refractivity contribution in [3.05, 3.63) is 24.0 Å². The standard InChI is InChI=1S/C12H21NOS/c1-3-12(14)11-6-8-13(10-11)7-5-9-15-4-2/h6,8,10,12,14H,3-5,7,9H2,1-2H3.